The number of carbonyl (C=O) groups excluding carboxylic acids is 1. The highest BCUT2D eigenvalue weighted by Gasteiger charge is 2.24. The van der Waals surface area contributed by atoms with Crippen molar-refractivity contribution in [2.75, 3.05) is 13.2 Å². The fraction of sp³-hybridized carbons (Fsp3) is 0.667. The summed E-state index contributed by atoms with van der Waals surface area (Å²) >= 11 is 0. The summed E-state index contributed by atoms with van der Waals surface area (Å²) in [7, 11) is 0. The number of hydrogen-bond donors (Lipinski definition) is 3. The van der Waals surface area contributed by atoms with E-state index in [-0.39, 0.29) is 12.5 Å². The van der Waals surface area contributed by atoms with Crippen LogP contribution in [0.5, 0.6) is 0 Å². The van der Waals surface area contributed by atoms with E-state index in [4.69, 9.17) is 0 Å². The van der Waals surface area contributed by atoms with Gasteiger partial charge in [-0.1, -0.05) is 12.8 Å². The summed E-state index contributed by atoms with van der Waals surface area (Å²) in [6, 6.07) is 0. The van der Waals surface area contributed by atoms with Crippen molar-refractivity contribution in [2.24, 2.45) is 11.8 Å². The first kappa shape index (κ1) is 12.1. The highest BCUT2D eigenvalue weighted by atomic mass is 16.3. The third-order valence-corrected chi connectivity index (χ3v) is 3.57. The molecule has 1 fully saturated rings. The van der Waals surface area contributed by atoms with Gasteiger partial charge in [-0.3, -0.25) is 4.79 Å². The summed E-state index contributed by atoms with van der Waals surface area (Å²) in [5, 5.41) is 12.2. The van der Waals surface area contributed by atoms with Gasteiger partial charge in [0.15, 0.2) is 0 Å². The number of nitrogens with zero attached hydrogens (tertiary/aromatic N) is 1. The van der Waals surface area contributed by atoms with Gasteiger partial charge in [0.05, 0.1) is 12.5 Å². The van der Waals surface area contributed by atoms with Gasteiger partial charge in [-0.15, -0.1) is 0 Å². The molecule has 5 nitrogen and oxygen atoms in total. The minimum absolute atomic E-state index is 0.121. The van der Waals surface area contributed by atoms with E-state index >= 15 is 0 Å². The quantitative estimate of drug-likeness (QED) is 0.729. The van der Waals surface area contributed by atoms with Crippen LogP contribution < -0.4 is 5.32 Å². The van der Waals surface area contributed by atoms with Crippen molar-refractivity contribution in [3.05, 3.63) is 18.2 Å². The van der Waals surface area contributed by atoms with Crippen LogP contribution in [0, 0.1) is 11.8 Å². The molecule has 1 saturated carbocycles. The Labute approximate surface area is 101 Å². The molecule has 0 bridgehead atoms. The van der Waals surface area contributed by atoms with Crippen LogP contribution in [0.4, 0.5) is 0 Å². The highest BCUT2D eigenvalue weighted by molar-refractivity contribution is 5.91. The Hall–Kier alpha value is -1.36. The van der Waals surface area contributed by atoms with E-state index in [2.05, 4.69) is 15.3 Å². The van der Waals surface area contributed by atoms with Crippen LogP contribution in [0.15, 0.2) is 12.5 Å². The van der Waals surface area contributed by atoms with Crippen LogP contribution in [0.1, 0.15) is 36.2 Å². The second-order valence-electron chi connectivity index (χ2n) is 4.66. The predicted octanol–water partition coefficient (Wildman–Crippen LogP) is 0.938. The number of aromatic nitrogens is 2. The fourth-order valence-electron chi connectivity index (χ4n) is 2.49. The smallest absolute Gasteiger partial charge is 0.269 e. The lowest BCUT2D eigenvalue weighted by atomic mass is 9.79. The maximum absolute atomic E-state index is 11.7. The van der Waals surface area contributed by atoms with Gasteiger partial charge in [0.1, 0.15) is 5.69 Å². The maximum atomic E-state index is 11.7. The zero-order chi connectivity index (χ0) is 12.1. The van der Waals surface area contributed by atoms with E-state index in [0.29, 0.717) is 24.1 Å². The average molecular weight is 237 g/mol. The van der Waals surface area contributed by atoms with E-state index in [9.17, 15) is 9.90 Å². The van der Waals surface area contributed by atoms with Crippen molar-refractivity contribution in [2.45, 2.75) is 25.7 Å². The highest BCUT2D eigenvalue weighted by Crippen LogP contribution is 2.29. The van der Waals surface area contributed by atoms with Gasteiger partial charge in [-0.25, -0.2) is 4.98 Å². The summed E-state index contributed by atoms with van der Waals surface area (Å²) in [5.41, 5.74) is 0.487. The SMILES string of the molecule is O=C(NCC1CCCCC1CO)c1cnc[nH]1. The largest absolute Gasteiger partial charge is 0.396 e. The van der Waals surface area contributed by atoms with E-state index in [1.165, 1.54) is 25.4 Å². The maximum Gasteiger partial charge on any atom is 0.269 e. The predicted molar refractivity (Wildman–Crippen MR) is 63.5 cm³/mol. The Morgan fingerprint density at radius 3 is 2.88 bits per heavy atom. The summed E-state index contributed by atoms with van der Waals surface area (Å²) in [6.07, 6.45) is 7.55. The molecule has 0 radical (unpaired) electrons. The van der Waals surface area contributed by atoms with Gasteiger partial charge in [0, 0.05) is 13.2 Å². The van der Waals surface area contributed by atoms with E-state index in [1.807, 2.05) is 0 Å². The Kier molecular flexibility index (Phi) is 4.14. The number of H-pyrrole nitrogens is 1. The molecule has 1 aromatic heterocycles. The van der Waals surface area contributed by atoms with Crippen molar-refractivity contribution in [1.29, 1.82) is 0 Å². The number of aromatic amines is 1. The van der Waals surface area contributed by atoms with Gasteiger partial charge in [-0.2, -0.15) is 0 Å². The molecule has 1 amide bonds. The number of nitrogens with one attached hydrogen (secondary N) is 2. The molecule has 0 aromatic carbocycles. The molecule has 3 N–H and O–H groups in total. The lowest BCUT2D eigenvalue weighted by molar-refractivity contribution is 0.0905. The fourth-order valence-corrected chi connectivity index (χ4v) is 2.49. The second-order valence-corrected chi connectivity index (χ2v) is 4.66. The van der Waals surface area contributed by atoms with Crippen LogP contribution in [0.2, 0.25) is 0 Å². The standard InChI is InChI=1S/C12H19N3O2/c16-7-10-4-2-1-3-9(10)5-14-12(17)11-6-13-8-15-11/h6,8-10,16H,1-5,7H2,(H,13,15)(H,14,17). The zero-order valence-electron chi connectivity index (χ0n) is 9.85. The van der Waals surface area contributed by atoms with Crippen molar-refractivity contribution < 1.29 is 9.90 Å². The van der Waals surface area contributed by atoms with Crippen LogP contribution in [-0.2, 0) is 0 Å². The van der Waals surface area contributed by atoms with E-state index in [0.717, 1.165) is 12.8 Å². The van der Waals surface area contributed by atoms with Crippen LogP contribution in [0.3, 0.4) is 0 Å². The van der Waals surface area contributed by atoms with Gasteiger partial charge < -0.3 is 15.4 Å². The first-order valence-electron chi connectivity index (χ1n) is 6.18. The minimum Gasteiger partial charge on any atom is -0.396 e. The molecule has 94 valence electrons. The Balaban J connectivity index is 1.82. The summed E-state index contributed by atoms with van der Waals surface area (Å²) in [6.45, 7) is 0.869. The molecular formula is C12H19N3O2. The number of aliphatic hydroxyl groups excluding tert-OH is 1. The van der Waals surface area contributed by atoms with E-state index in [1.54, 1.807) is 0 Å². The lowest BCUT2D eigenvalue weighted by Gasteiger charge is -2.30. The molecule has 1 heterocycles. The van der Waals surface area contributed by atoms with Crippen LogP contribution >= 0.6 is 0 Å². The zero-order valence-corrected chi connectivity index (χ0v) is 9.85. The average Bonchev–Trinajstić information content (AvgIpc) is 2.90. The Morgan fingerprint density at radius 1 is 1.47 bits per heavy atom. The Bertz CT molecular complexity index is 351. The normalized spacial score (nSPS) is 24.5. The molecule has 0 aliphatic heterocycles. The molecule has 5 heteroatoms. The molecule has 1 aromatic rings. The number of aliphatic hydroxyl groups is 1. The third-order valence-electron chi connectivity index (χ3n) is 3.57. The molecule has 2 unspecified atom stereocenters. The third kappa shape index (κ3) is 3.06. The monoisotopic (exact) mass is 237 g/mol. The van der Waals surface area contributed by atoms with E-state index < -0.39 is 0 Å². The minimum atomic E-state index is -0.121. The van der Waals surface area contributed by atoms with Crippen molar-refractivity contribution in [1.82, 2.24) is 15.3 Å². The van der Waals surface area contributed by atoms with Gasteiger partial charge in [0.2, 0.25) is 0 Å². The first-order valence-corrected chi connectivity index (χ1v) is 6.18. The second kappa shape index (κ2) is 5.82. The van der Waals surface area contributed by atoms with Crippen LogP contribution in [-0.4, -0.2) is 34.1 Å². The summed E-state index contributed by atoms with van der Waals surface area (Å²) < 4.78 is 0. The molecule has 0 saturated heterocycles. The number of hydrogen-bond acceptors (Lipinski definition) is 3. The van der Waals surface area contributed by atoms with Crippen molar-refractivity contribution in [3.63, 3.8) is 0 Å². The van der Waals surface area contributed by atoms with Crippen molar-refractivity contribution in [3.8, 4) is 0 Å². The summed E-state index contributed by atoms with van der Waals surface area (Å²) in [5.74, 6) is 0.621. The van der Waals surface area contributed by atoms with Crippen LogP contribution in [0.25, 0.3) is 0 Å². The van der Waals surface area contributed by atoms with Gasteiger partial charge in [0.25, 0.3) is 5.91 Å². The molecular weight excluding hydrogens is 218 g/mol. The van der Waals surface area contributed by atoms with Gasteiger partial charge in [-0.05, 0) is 24.7 Å². The lowest BCUT2D eigenvalue weighted by Crippen LogP contribution is -2.35. The molecule has 17 heavy (non-hydrogen) atoms. The molecule has 1 aliphatic carbocycles. The number of imidazole rings is 1. The summed E-state index contributed by atoms with van der Waals surface area (Å²) in [4.78, 5) is 18.3. The number of amides is 1. The molecule has 0 spiro atoms. The first-order chi connectivity index (χ1) is 8.31. The number of carbonyl (C=O) groups is 1. The van der Waals surface area contributed by atoms with Gasteiger partial charge >= 0.3 is 0 Å². The number of rotatable bonds is 4. The molecule has 2 atom stereocenters. The molecule has 1 aliphatic rings. The van der Waals surface area contributed by atoms with Crippen molar-refractivity contribution >= 4 is 5.91 Å². The topological polar surface area (TPSA) is 78.0 Å². The Morgan fingerprint density at radius 2 is 2.24 bits per heavy atom. The molecule has 2 rings (SSSR count).